The second-order valence-corrected chi connectivity index (χ2v) is 3.96. The van der Waals surface area contributed by atoms with Gasteiger partial charge in [-0.05, 0) is 38.8 Å². The summed E-state index contributed by atoms with van der Waals surface area (Å²) in [4.78, 5) is 4.01. The number of unbranched alkanes of at least 4 members (excludes halogenated alkanes) is 2. The first-order chi connectivity index (χ1) is 7.93. The largest absolute Gasteiger partial charge is 0.385 e. The number of hydrogen-bond donors (Lipinski definition) is 1. The van der Waals surface area contributed by atoms with E-state index in [9.17, 15) is 0 Å². The highest BCUT2D eigenvalue weighted by Crippen LogP contribution is 1.94. The molecule has 4 heteroatoms. The minimum atomic E-state index is 0.890. The lowest BCUT2D eigenvalue weighted by Gasteiger charge is -2.05. The van der Waals surface area contributed by atoms with Gasteiger partial charge in [-0.25, -0.2) is 4.98 Å². The number of aryl methyl sites for hydroxylation is 1. The molecule has 0 aliphatic heterocycles. The quantitative estimate of drug-likeness (QED) is 0.616. The summed E-state index contributed by atoms with van der Waals surface area (Å²) in [5.74, 6) is 0. The molecule has 0 aliphatic carbocycles. The fourth-order valence-electron chi connectivity index (χ4n) is 1.60. The van der Waals surface area contributed by atoms with Gasteiger partial charge in [0.05, 0.1) is 6.33 Å². The molecular formula is C12H23N3O. The molecule has 0 atom stereocenters. The molecule has 1 aromatic rings. The summed E-state index contributed by atoms with van der Waals surface area (Å²) in [5.41, 5.74) is 0. The summed E-state index contributed by atoms with van der Waals surface area (Å²) in [5, 5.41) is 3.45. The first kappa shape index (κ1) is 13.2. The summed E-state index contributed by atoms with van der Waals surface area (Å²) in [6.07, 6.45) is 10.5. The van der Waals surface area contributed by atoms with Crippen molar-refractivity contribution < 1.29 is 4.74 Å². The summed E-state index contributed by atoms with van der Waals surface area (Å²) in [7, 11) is 1.76. The van der Waals surface area contributed by atoms with Crippen molar-refractivity contribution in [3.63, 3.8) is 0 Å². The Bertz CT molecular complexity index is 236. The number of ether oxygens (including phenoxy) is 1. The molecule has 1 aromatic heterocycles. The van der Waals surface area contributed by atoms with Gasteiger partial charge in [0.1, 0.15) is 0 Å². The Labute approximate surface area is 98.0 Å². The first-order valence-electron chi connectivity index (χ1n) is 6.09. The zero-order valence-corrected chi connectivity index (χ0v) is 10.2. The van der Waals surface area contributed by atoms with Crippen LogP contribution >= 0.6 is 0 Å². The van der Waals surface area contributed by atoms with Crippen LogP contribution in [0, 0.1) is 0 Å². The van der Waals surface area contributed by atoms with E-state index in [0.717, 1.165) is 32.7 Å². The number of aromatic nitrogens is 2. The van der Waals surface area contributed by atoms with Gasteiger partial charge in [-0.1, -0.05) is 0 Å². The number of imidazole rings is 1. The van der Waals surface area contributed by atoms with Gasteiger partial charge in [-0.2, -0.15) is 0 Å². The third-order valence-corrected chi connectivity index (χ3v) is 2.53. The van der Waals surface area contributed by atoms with Crippen LogP contribution in [0.25, 0.3) is 0 Å². The minimum Gasteiger partial charge on any atom is -0.385 e. The van der Waals surface area contributed by atoms with E-state index < -0.39 is 0 Å². The van der Waals surface area contributed by atoms with Crippen LogP contribution in [0.5, 0.6) is 0 Å². The van der Waals surface area contributed by atoms with Crippen molar-refractivity contribution in [2.75, 3.05) is 26.8 Å². The minimum absolute atomic E-state index is 0.890. The number of hydrogen-bond acceptors (Lipinski definition) is 3. The number of nitrogens with one attached hydrogen (secondary N) is 1. The van der Waals surface area contributed by atoms with Crippen molar-refractivity contribution in [1.82, 2.24) is 14.9 Å². The first-order valence-corrected chi connectivity index (χ1v) is 6.09. The molecule has 0 radical (unpaired) electrons. The van der Waals surface area contributed by atoms with Gasteiger partial charge in [-0.15, -0.1) is 0 Å². The lowest BCUT2D eigenvalue weighted by atomic mass is 10.2. The molecule has 0 spiro atoms. The maximum absolute atomic E-state index is 5.00. The van der Waals surface area contributed by atoms with Crippen molar-refractivity contribution in [2.24, 2.45) is 0 Å². The maximum Gasteiger partial charge on any atom is 0.0945 e. The van der Waals surface area contributed by atoms with Gasteiger partial charge in [0, 0.05) is 32.7 Å². The normalized spacial score (nSPS) is 10.8. The monoisotopic (exact) mass is 225 g/mol. The SMILES string of the molecule is COCCCCCNCCCn1ccnc1. The molecule has 0 saturated heterocycles. The average Bonchev–Trinajstić information content (AvgIpc) is 2.80. The van der Waals surface area contributed by atoms with Crippen LogP contribution in [-0.2, 0) is 11.3 Å². The van der Waals surface area contributed by atoms with Crippen LogP contribution in [0.15, 0.2) is 18.7 Å². The molecule has 4 nitrogen and oxygen atoms in total. The summed E-state index contributed by atoms with van der Waals surface area (Å²) < 4.78 is 7.11. The maximum atomic E-state index is 5.00. The summed E-state index contributed by atoms with van der Waals surface area (Å²) in [6.45, 7) is 4.15. The van der Waals surface area contributed by atoms with Gasteiger partial charge in [-0.3, -0.25) is 0 Å². The molecule has 1 N–H and O–H groups in total. The fourth-order valence-corrected chi connectivity index (χ4v) is 1.60. The highest BCUT2D eigenvalue weighted by Gasteiger charge is 1.91. The highest BCUT2D eigenvalue weighted by molar-refractivity contribution is 4.73. The second-order valence-electron chi connectivity index (χ2n) is 3.96. The Morgan fingerprint density at radius 3 is 2.81 bits per heavy atom. The van der Waals surface area contributed by atoms with E-state index in [0.29, 0.717) is 0 Å². The third kappa shape index (κ3) is 6.58. The fraction of sp³-hybridized carbons (Fsp3) is 0.750. The van der Waals surface area contributed by atoms with Crippen LogP contribution in [0.3, 0.4) is 0 Å². The molecule has 1 rings (SSSR count). The van der Waals surface area contributed by atoms with Crippen LogP contribution < -0.4 is 5.32 Å². The van der Waals surface area contributed by atoms with Crippen LogP contribution in [0.2, 0.25) is 0 Å². The van der Waals surface area contributed by atoms with E-state index in [2.05, 4.69) is 14.9 Å². The Morgan fingerprint density at radius 1 is 1.19 bits per heavy atom. The van der Waals surface area contributed by atoms with E-state index in [1.807, 2.05) is 18.7 Å². The average molecular weight is 225 g/mol. The summed E-state index contributed by atoms with van der Waals surface area (Å²) in [6, 6.07) is 0. The lowest BCUT2D eigenvalue weighted by Crippen LogP contribution is -2.18. The smallest absolute Gasteiger partial charge is 0.0945 e. The molecule has 0 bridgehead atoms. The molecule has 1 heterocycles. The van der Waals surface area contributed by atoms with Crippen molar-refractivity contribution >= 4 is 0 Å². The van der Waals surface area contributed by atoms with E-state index in [-0.39, 0.29) is 0 Å². The zero-order valence-electron chi connectivity index (χ0n) is 10.2. The van der Waals surface area contributed by atoms with Gasteiger partial charge >= 0.3 is 0 Å². The van der Waals surface area contributed by atoms with Crippen molar-refractivity contribution in [1.29, 1.82) is 0 Å². The topological polar surface area (TPSA) is 39.1 Å². The predicted octanol–water partition coefficient (Wildman–Crippen LogP) is 1.68. The van der Waals surface area contributed by atoms with Crippen LogP contribution in [0.1, 0.15) is 25.7 Å². The number of methoxy groups -OCH3 is 1. The summed E-state index contributed by atoms with van der Waals surface area (Å²) >= 11 is 0. The Balaban J connectivity index is 1.78. The van der Waals surface area contributed by atoms with Crippen LogP contribution in [0.4, 0.5) is 0 Å². The molecule has 0 saturated carbocycles. The standard InChI is InChI=1S/C12H23N3O/c1-16-11-4-2-3-6-13-7-5-9-15-10-8-14-12-15/h8,10,12-13H,2-7,9,11H2,1H3. The van der Waals surface area contributed by atoms with Gasteiger partial charge in [0.15, 0.2) is 0 Å². The third-order valence-electron chi connectivity index (χ3n) is 2.53. The highest BCUT2D eigenvalue weighted by atomic mass is 16.5. The van der Waals surface area contributed by atoms with Crippen molar-refractivity contribution in [3.8, 4) is 0 Å². The molecule has 92 valence electrons. The van der Waals surface area contributed by atoms with E-state index in [4.69, 9.17) is 4.74 Å². The number of nitrogens with zero attached hydrogens (tertiary/aromatic N) is 2. The van der Waals surface area contributed by atoms with Gasteiger partial charge in [0.25, 0.3) is 0 Å². The van der Waals surface area contributed by atoms with Gasteiger partial charge in [0.2, 0.25) is 0 Å². The Hall–Kier alpha value is -0.870. The molecule has 0 amide bonds. The molecule has 0 aromatic carbocycles. The molecule has 0 unspecified atom stereocenters. The van der Waals surface area contributed by atoms with Gasteiger partial charge < -0.3 is 14.6 Å². The second kappa shape index (κ2) is 9.36. The molecule has 16 heavy (non-hydrogen) atoms. The number of rotatable bonds is 10. The lowest BCUT2D eigenvalue weighted by molar-refractivity contribution is 0.192. The predicted molar refractivity (Wildman–Crippen MR) is 65.4 cm³/mol. The molecular weight excluding hydrogens is 202 g/mol. The molecule has 0 aliphatic rings. The van der Waals surface area contributed by atoms with E-state index >= 15 is 0 Å². The van der Waals surface area contributed by atoms with E-state index in [1.165, 1.54) is 19.3 Å². The Kier molecular flexibility index (Phi) is 7.72. The van der Waals surface area contributed by atoms with Crippen molar-refractivity contribution in [2.45, 2.75) is 32.2 Å². The van der Waals surface area contributed by atoms with E-state index in [1.54, 1.807) is 7.11 Å². The molecule has 0 fully saturated rings. The van der Waals surface area contributed by atoms with Crippen molar-refractivity contribution in [3.05, 3.63) is 18.7 Å². The zero-order chi connectivity index (χ0) is 11.5. The van der Waals surface area contributed by atoms with Crippen LogP contribution in [-0.4, -0.2) is 36.4 Å². The Morgan fingerprint density at radius 2 is 2.06 bits per heavy atom.